The first-order valence-corrected chi connectivity index (χ1v) is 6.15. The lowest BCUT2D eigenvalue weighted by molar-refractivity contribution is -0.186. The zero-order valence-electron chi connectivity index (χ0n) is 11.6. The standard InChI is InChI=1S/2C6H12O3/c2*1-7-5-3-4-6(8-2)9-5/h2*5-6H,3-4H2,1-2H3. The Balaban J connectivity index is 0.000000180. The molecule has 2 heterocycles. The van der Waals surface area contributed by atoms with Crippen LogP contribution in [0.5, 0.6) is 0 Å². The first-order chi connectivity index (χ1) is 8.73. The van der Waals surface area contributed by atoms with Gasteiger partial charge in [-0.1, -0.05) is 0 Å². The Morgan fingerprint density at radius 3 is 0.889 bits per heavy atom. The van der Waals surface area contributed by atoms with Gasteiger partial charge in [0.15, 0.2) is 25.2 Å². The highest BCUT2D eigenvalue weighted by Gasteiger charge is 2.24. The van der Waals surface area contributed by atoms with Crippen LogP contribution in [0.15, 0.2) is 0 Å². The third-order valence-electron chi connectivity index (χ3n) is 2.93. The average Bonchev–Trinajstić information content (AvgIpc) is 3.07. The van der Waals surface area contributed by atoms with Crippen LogP contribution in [0, 0.1) is 0 Å². The first kappa shape index (κ1) is 15.8. The van der Waals surface area contributed by atoms with E-state index in [0.29, 0.717) is 0 Å². The third kappa shape index (κ3) is 5.17. The van der Waals surface area contributed by atoms with Crippen molar-refractivity contribution in [3.05, 3.63) is 0 Å². The van der Waals surface area contributed by atoms with Gasteiger partial charge in [0, 0.05) is 54.1 Å². The van der Waals surface area contributed by atoms with Crippen molar-refractivity contribution in [2.45, 2.75) is 50.8 Å². The van der Waals surface area contributed by atoms with Gasteiger partial charge >= 0.3 is 0 Å². The summed E-state index contributed by atoms with van der Waals surface area (Å²) < 4.78 is 30.2. The van der Waals surface area contributed by atoms with Crippen molar-refractivity contribution in [1.82, 2.24) is 0 Å². The van der Waals surface area contributed by atoms with Crippen molar-refractivity contribution >= 4 is 0 Å². The third-order valence-corrected chi connectivity index (χ3v) is 2.93. The number of methoxy groups -OCH3 is 4. The smallest absolute Gasteiger partial charge is 0.160 e. The summed E-state index contributed by atoms with van der Waals surface area (Å²) in [5, 5.41) is 0. The number of rotatable bonds is 4. The van der Waals surface area contributed by atoms with Crippen LogP contribution in [-0.4, -0.2) is 53.6 Å². The Labute approximate surface area is 108 Å². The molecule has 0 amide bonds. The molecule has 0 bridgehead atoms. The van der Waals surface area contributed by atoms with Crippen LogP contribution in [0.3, 0.4) is 0 Å². The van der Waals surface area contributed by atoms with Gasteiger partial charge in [0.2, 0.25) is 0 Å². The predicted molar refractivity (Wildman–Crippen MR) is 63.8 cm³/mol. The molecule has 0 saturated carbocycles. The summed E-state index contributed by atoms with van der Waals surface area (Å²) in [6.45, 7) is 0. The Morgan fingerprint density at radius 2 is 0.778 bits per heavy atom. The van der Waals surface area contributed by atoms with Gasteiger partial charge in [-0.3, -0.25) is 0 Å². The van der Waals surface area contributed by atoms with E-state index in [-0.39, 0.29) is 25.2 Å². The summed E-state index contributed by atoms with van der Waals surface area (Å²) >= 11 is 0. The van der Waals surface area contributed by atoms with Crippen LogP contribution in [-0.2, 0) is 28.4 Å². The quantitative estimate of drug-likeness (QED) is 0.766. The van der Waals surface area contributed by atoms with Gasteiger partial charge in [-0.05, 0) is 0 Å². The molecule has 6 nitrogen and oxygen atoms in total. The second-order valence-corrected chi connectivity index (χ2v) is 4.09. The van der Waals surface area contributed by atoms with Crippen molar-refractivity contribution in [2.24, 2.45) is 0 Å². The summed E-state index contributed by atoms with van der Waals surface area (Å²) in [6.07, 6.45) is 3.57. The topological polar surface area (TPSA) is 55.4 Å². The van der Waals surface area contributed by atoms with Crippen LogP contribution in [0.1, 0.15) is 25.7 Å². The zero-order chi connectivity index (χ0) is 13.4. The Bertz CT molecular complexity index is 171. The number of ether oxygens (including phenoxy) is 6. The highest BCUT2D eigenvalue weighted by Crippen LogP contribution is 2.20. The summed E-state index contributed by atoms with van der Waals surface area (Å²) in [4.78, 5) is 0. The lowest BCUT2D eigenvalue weighted by Gasteiger charge is -2.09. The van der Waals surface area contributed by atoms with Crippen molar-refractivity contribution in [3.63, 3.8) is 0 Å². The van der Waals surface area contributed by atoms with Crippen molar-refractivity contribution < 1.29 is 28.4 Å². The average molecular weight is 264 g/mol. The molecule has 0 spiro atoms. The van der Waals surface area contributed by atoms with Crippen molar-refractivity contribution in [3.8, 4) is 0 Å². The van der Waals surface area contributed by atoms with E-state index in [0.717, 1.165) is 25.7 Å². The van der Waals surface area contributed by atoms with Gasteiger partial charge < -0.3 is 28.4 Å². The van der Waals surface area contributed by atoms with E-state index >= 15 is 0 Å². The van der Waals surface area contributed by atoms with Gasteiger partial charge in [0.25, 0.3) is 0 Å². The van der Waals surface area contributed by atoms with Gasteiger partial charge in [-0.15, -0.1) is 0 Å². The molecular weight excluding hydrogens is 240 g/mol. The van der Waals surface area contributed by atoms with E-state index in [9.17, 15) is 0 Å². The van der Waals surface area contributed by atoms with Gasteiger partial charge in [0.1, 0.15) is 0 Å². The maximum Gasteiger partial charge on any atom is 0.160 e. The molecule has 0 aromatic rings. The molecule has 4 atom stereocenters. The molecule has 0 aromatic carbocycles. The second kappa shape index (κ2) is 8.79. The SMILES string of the molecule is COC1CCC(OC)O1.COC1CCC(OC)O1. The normalized spacial score (nSPS) is 35.3. The van der Waals surface area contributed by atoms with Crippen LogP contribution in [0.2, 0.25) is 0 Å². The monoisotopic (exact) mass is 264 g/mol. The van der Waals surface area contributed by atoms with Gasteiger partial charge in [-0.25, -0.2) is 0 Å². The van der Waals surface area contributed by atoms with E-state index in [4.69, 9.17) is 28.4 Å². The molecular formula is C12H24O6. The molecule has 2 fully saturated rings. The Morgan fingerprint density at radius 1 is 0.556 bits per heavy atom. The highest BCUT2D eigenvalue weighted by molar-refractivity contribution is 4.59. The molecule has 2 aliphatic rings. The molecule has 2 saturated heterocycles. The highest BCUT2D eigenvalue weighted by atomic mass is 16.8. The lowest BCUT2D eigenvalue weighted by atomic mass is 10.3. The number of hydrogen-bond acceptors (Lipinski definition) is 6. The van der Waals surface area contributed by atoms with Gasteiger partial charge in [0.05, 0.1) is 0 Å². The van der Waals surface area contributed by atoms with E-state index in [1.807, 2.05) is 0 Å². The molecule has 0 radical (unpaired) electrons. The molecule has 4 unspecified atom stereocenters. The zero-order valence-corrected chi connectivity index (χ0v) is 11.6. The minimum Gasteiger partial charge on any atom is -0.356 e. The van der Waals surface area contributed by atoms with E-state index in [2.05, 4.69) is 0 Å². The van der Waals surface area contributed by atoms with Crippen LogP contribution >= 0.6 is 0 Å². The molecule has 18 heavy (non-hydrogen) atoms. The minimum atomic E-state index is -0.0463. The summed E-state index contributed by atoms with van der Waals surface area (Å²) in [5.41, 5.74) is 0. The first-order valence-electron chi connectivity index (χ1n) is 6.15. The van der Waals surface area contributed by atoms with Crippen LogP contribution < -0.4 is 0 Å². The van der Waals surface area contributed by atoms with Crippen molar-refractivity contribution in [2.75, 3.05) is 28.4 Å². The molecule has 0 aliphatic carbocycles. The minimum absolute atomic E-state index is 0.0463. The van der Waals surface area contributed by atoms with E-state index in [1.165, 1.54) is 0 Å². The maximum absolute atomic E-state index is 5.22. The predicted octanol–water partition coefficient (Wildman–Crippen LogP) is 1.48. The molecule has 2 aliphatic heterocycles. The van der Waals surface area contributed by atoms with Crippen LogP contribution in [0.4, 0.5) is 0 Å². The largest absolute Gasteiger partial charge is 0.356 e. The van der Waals surface area contributed by atoms with E-state index in [1.54, 1.807) is 28.4 Å². The van der Waals surface area contributed by atoms with Crippen LogP contribution in [0.25, 0.3) is 0 Å². The molecule has 0 N–H and O–H groups in total. The molecule has 0 aromatic heterocycles. The molecule has 2 rings (SSSR count). The van der Waals surface area contributed by atoms with E-state index < -0.39 is 0 Å². The Hall–Kier alpha value is -0.240. The van der Waals surface area contributed by atoms with Gasteiger partial charge in [-0.2, -0.15) is 0 Å². The summed E-state index contributed by atoms with van der Waals surface area (Å²) in [5.74, 6) is 0. The molecule has 108 valence electrons. The lowest BCUT2D eigenvalue weighted by Crippen LogP contribution is -2.13. The Kier molecular flexibility index (Phi) is 7.73. The fourth-order valence-electron chi connectivity index (χ4n) is 1.85. The number of hydrogen-bond donors (Lipinski definition) is 0. The summed E-state index contributed by atoms with van der Waals surface area (Å²) in [6, 6.07) is 0. The fourth-order valence-corrected chi connectivity index (χ4v) is 1.85. The summed E-state index contributed by atoms with van der Waals surface area (Å²) in [7, 11) is 6.57. The maximum atomic E-state index is 5.22. The van der Waals surface area contributed by atoms with Crippen molar-refractivity contribution in [1.29, 1.82) is 0 Å². The second-order valence-electron chi connectivity index (χ2n) is 4.09. The molecule has 6 heteroatoms. The fraction of sp³-hybridized carbons (Fsp3) is 1.00.